The molecule has 3 heterocycles. The highest BCUT2D eigenvalue weighted by Gasteiger charge is 2.44. The minimum Gasteiger partial charge on any atom is -0.343 e. The number of piperidine rings is 1. The van der Waals surface area contributed by atoms with Crippen molar-refractivity contribution in [3.63, 3.8) is 0 Å². The Labute approximate surface area is 242 Å². The third-order valence-electron chi connectivity index (χ3n) is 9.49. The van der Waals surface area contributed by atoms with E-state index in [1.165, 1.54) is 32.1 Å². The number of nitrogens with two attached hydrogens (primary N) is 1. The number of halogens is 1. The number of amides is 2. The minimum absolute atomic E-state index is 0.0347. The average Bonchev–Trinajstić information content (AvgIpc) is 3.69. The number of aromatic nitrogens is 3. The summed E-state index contributed by atoms with van der Waals surface area (Å²) in [4.78, 5) is 33.3. The van der Waals surface area contributed by atoms with Crippen LogP contribution in [0.4, 0.5) is 0 Å². The number of hydrogen-bond acceptors (Lipinski definition) is 6. The van der Waals surface area contributed by atoms with Gasteiger partial charge in [0.25, 0.3) is 0 Å². The highest BCUT2D eigenvalue weighted by Crippen LogP contribution is 2.47. The fourth-order valence-corrected chi connectivity index (χ4v) is 7.27. The molecule has 0 bridgehead atoms. The Bertz CT molecular complexity index is 1090. The highest BCUT2D eigenvalue weighted by atomic mass is 35.5. The lowest BCUT2D eigenvalue weighted by Crippen LogP contribution is -2.56. The van der Waals surface area contributed by atoms with Crippen LogP contribution in [0.2, 0.25) is 5.02 Å². The zero-order valence-electron chi connectivity index (χ0n) is 23.4. The predicted molar refractivity (Wildman–Crippen MR) is 156 cm³/mol. The van der Waals surface area contributed by atoms with Crippen LogP contribution in [0.3, 0.4) is 0 Å². The molecule has 1 saturated carbocycles. The van der Waals surface area contributed by atoms with Crippen LogP contribution < -0.4 is 16.4 Å². The number of nitrogens with one attached hydrogen (secondary N) is 2. The van der Waals surface area contributed by atoms with E-state index in [2.05, 4.69) is 20.7 Å². The van der Waals surface area contributed by atoms with Crippen LogP contribution in [0.5, 0.6) is 0 Å². The summed E-state index contributed by atoms with van der Waals surface area (Å²) >= 11 is 6.10. The van der Waals surface area contributed by atoms with E-state index in [9.17, 15) is 9.59 Å². The number of benzene rings is 1. The van der Waals surface area contributed by atoms with E-state index in [-0.39, 0.29) is 23.3 Å². The normalized spacial score (nSPS) is 23.1. The van der Waals surface area contributed by atoms with Crippen molar-refractivity contribution >= 4 is 23.4 Å². The minimum atomic E-state index is -0.672. The number of rotatable bonds is 10. The maximum absolute atomic E-state index is 14.0. The Balaban J connectivity index is 1.28. The van der Waals surface area contributed by atoms with Gasteiger partial charge in [-0.3, -0.25) is 14.3 Å². The molecule has 2 aromatic rings. The van der Waals surface area contributed by atoms with Gasteiger partial charge in [0.2, 0.25) is 11.8 Å². The number of nitrogens with zero attached hydrogens (tertiary/aromatic N) is 4. The van der Waals surface area contributed by atoms with Crippen LogP contribution in [0.25, 0.3) is 0 Å². The van der Waals surface area contributed by atoms with Gasteiger partial charge in [-0.2, -0.15) is 5.10 Å². The molecular formula is C30H44ClN7O2. The number of carbonyl (C=O) groups is 2. The molecule has 4 N–H and O–H groups in total. The molecule has 10 heteroatoms. The van der Waals surface area contributed by atoms with Gasteiger partial charge < -0.3 is 21.3 Å². The quantitative estimate of drug-likeness (QED) is 0.404. The van der Waals surface area contributed by atoms with Crippen molar-refractivity contribution < 1.29 is 9.59 Å². The van der Waals surface area contributed by atoms with Crippen LogP contribution in [0.15, 0.2) is 36.9 Å². The third-order valence-corrected chi connectivity index (χ3v) is 9.74. The molecular weight excluding hydrogens is 526 g/mol. The van der Waals surface area contributed by atoms with E-state index in [1.54, 1.807) is 6.33 Å². The lowest BCUT2D eigenvalue weighted by molar-refractivity contribution is -0.139. The summed E-state index contributed by atoms with van der Waals surface area (Å²) in [5, 5.41) is 11.5. The van der Waals surface area contributed by atoms with Crippen LogP contribution in [-0.4, -0.2) is 69.2 Å². The van der Waals surface area contributed by atoms with Gasteiger partial charge in [0.05, 0.1) is 6.04 Å². The van der Waals surface area contributed by atoms with Gasteiger partial charge in [-0.15, -0.1) is 0 Å². The highest BCUT2D eigenvalue weighted by molar-refractivity contribution is 6.30. The van der Waals surface area contributed by atoms with E-state index >= 15 is 0 Å². The molecule has 5 rings (SSSR count). The molecule has 3 aliphatic rings. The van der Waals surface area contributed by atoms with Crippen molar-refractivity contribution in [3.8, 4) is 0 Å². The molecule has 0 spiro atoms. The molecule has 1 aromatic heterocycles. The monoisotopic (exact) mass is 569 g/mol. The first-order valence-corrected chi connectivity index (χ1v) is 15.4. The second-order valence-corrected chi connectivity index (χ2v) is 12.6. The van der Waals surface area contributed by atoms with Crippen molar-refractivity contribution in [1.82, 2.24) is 30.3 Å². The number of hydrogen-bond donors (Lipinski definition) is 3. The molecule has 1 aromatic carbocycles. The molecule has 0 radical (unpaired) electrons. The van der Waals surface area contributed by atoms with E-state index < -0.39 is 12.1 Å². The Morgan fingerprint density at radius 1 is 1.10 bits per heavy atom. The van der Waals surface area contributed by atoms with E-state index in [1.807, 2.05) is 40.2 Å². The van der Waals surface area contributed by atoms with Crippen molar-refractivity contribution in [2.75, 3.05) is 19.6 Å². The molecule has 9 nitrogen and oxygen atoms in total. The first kappa shape index (κ1) is 29.0. The van der Waals surface area contributed by atoms with Crippen molar-refractivity contribution in [3.05, 3.63) is 47.5 Å². The van der Waals surface area contributed by atoms with E-state index in [0.717, 1.165) is 44.3 Å². The summed E-state index contributed by atoms with van der Waals surface area (Å²) in [7, 11) is 0. The zero-order chi connectivity index (χ0) is 28.0. The number of carbonyl (C=O) groups excluding carboxylic acids is 2. The number of likely N-dealkylation sites (tertiary alicyclic amines) is 1. The maximum atomic E-state index is 14.0. The molecule has 0 unspecified atom stereocenters. The summed E-state index contributed by atoms with van der Waals surface area (Å²) in [5.74, 6) is 0.336. The van der Waals surface area contributed by atoms with Gasteiger partial charge in [-0.05, 0) is 80.5 Å². The topological polar surface area (TPSA) is 118 Å². The fourth-order valence-electron chi connectivity index (χ4n) is 7.15. The first-order valence-electron chi connectivity index (χ1n) is 15.1. The lowest BCUT2D eigenvalue weighted by atomic mass is 9.63. The SMILES string of the molecule is N[C@H](C[C@H]1CCCN1)C(=O)N[C@H](Cc1ccc(Cl)cc1)C(=O)N1CCC(Cn2cncn2)(C2CCCCC2)CC1. The molecule has 1 aliphatic carbocycles. The first-order chi connectivity index (χ1) is 19.4. The van der Waals surface area contributed by atoms with Gasteiger partial charge in [0.15, 0.2) is 0 Å². The summed E-state index contributed by atoms with van der Waals surface area (Å²) in [6.07, 6.45) is 14.7. The summed E-state index contributed by atoms with van der Waals surface area (Å²) < 4.78 is 1.97. The second kappa shape index (κ2) is 13.4. The molecule has 218 valence electrons. The maximum Gasteiger partial charge on any atom is 0.245 e. The predicted octanol–water partition coefficient (Wildman–Crippen LogP) is 3.32. The van der Waals surface area contributed by atoms with Crippen molar-refractivity contribution in [1.29, 1.82) is 0 Å². The van der Waals surface area contributed by atoms with Crippen LogP contribution in [-0.2, 0) is 22.6 Å². The van der Waals surface area contributed by atoms with Gasteiger partial charge in [0, 0.05) is 37.1 Å². The third kappa shape index (κ3) is 7.22. The molecule has 40 heavy (non-hydrogen) atoms. The van der Waals surface area contributed by atoms with Gasteiger partial charge in [-0.25, -0.2) is 4.98 Å². The lowest BCUT2D eigenvalue weighted by Gasteiger charge is -2.48. The molecule has 2 aliphatic heterocycles. The average molecular weight is 570 g/mol. The standard InChI is InChI=1S/C30H44ClN7O2/c31-24-10-8-22(9-11-24)17-27(36-28(39)26(32)18-25-7-4-14-34-25)29(40)37-15-12-30(13-16-37,19-38-21-33-20-35-38)23-5-2-1-3-6-23/h8-11,20-21,23,25-27,34H,1-7,12-19,32H2,(H,36,39)/t25-,26-,27-/m1/s1. The van der Waals surface area contributed by atoms with Crippen LogP contribution in [0, 0.1) is 11.3 Å². The van der Waals surface area contributed by atoms with E-state index in [4.69, 9.17) is 17.3 Å². The molecule has 3 atom stereocenters. The summed E-state index contributed by atoms with van der Waals surface area (Å²) in [6.45, 7) is 3.16. The Morgan fingerprint density at radius 3 is 2.50 bits per heavy atom. The zero-order valence-corrected chi connectivity index (χ0v) is 24.2. The second-order valence-electron chi connectivity index (χ2n) is 12.1. The van der Waals surface area contributed by atoms with Crippen LogP contribution in [0.1, 0.15) is 69.8 Å². The van der Waals surface area contributed by atoms with Crippen LogP contribution >= 0.6 is 11.6 Å². The van der Waals surface area contributed by atoms with Gasteiger partial charge in [0.1, 0.15) is 18.7 Å². The summed E-state index contributed by atoms with van der Waals surface area (Å²) in [6, 6.07) is 6.40. The molecule has 2 amide bonds. The summed E-state index contributed by atoms with van der Waals surface area (Å²) in [5.41, 5.74) is 7.37. The Kier molecular flexibility index (Phi) is 9.76. The molecule has 3 fully saturated rings. The van der Waals surface area contributed by atoms with Gasteiger partial charge >= 0.3 is 0 Å². The largest absolute Gasteiger partial charge is 0.343 e. The fraction of sp³-hybridized carbons (Fsp3) is 0.667. The smallest absolute Gasteiger partial charge is 0.245 e. The van der Waals surface area contributed by atoms with Crippen molar-refractivity contribution in [2.24, 2.45) is 17.1 Å². The Hall–Kier alpha value is -2.49. The Morgan fingerprint density at radius 2 is 1.85 bits per heavy atom. The van der Waals surface area contributed by atoms with Gasteiger partial charge in [-0.1, -0.05) is 43.0 Å². The molecule has 2 saturated heterocycles. The van der Waals surface area contributed by atoms with E-state index in [0.29, 0.717) is 36.9 Å². The van der Waals surface area contributed by atoms with Crippen molar-refractivity contribution in [2.45, 2.75) is 95.3 Å².